The van der Waals surface area contributed by atoms with Gasteiger partial charge in [-0.3, -0.25) is 9.59 Å². The first-order valence-electron chi connectivity index (χ1n) is 11.1. The van der Waals surface area contributed by atoms with E-state index in [1.807, 2.05) is 24.3 Å². The number of methoxy groups -OCH3 is 4. The highest BCUT2D eigenvalue weighted by Crippen LogP contribution is 2.40. The van der Waals surface area contributed by atoms with Crippen LogP contribution in [0.5, 0.6) is 11.5 Å². The number of carbonyl (C=O) groups excluding carboxylic acids is 2. The molecule has 0 aliphatic carbocycles. The molecule has 1 aliphatic rings. The van der Waals surface area contributed by atoms with Crippen molar-refractivity contribution in [2.45, 2.75) is 12.5 Å². The van der Waals surface area contributed by atoms with Gasteiger partial charge in [0.05, 0.1) is 32.6 Å². The van der Waals surface area contributed by atoms with Crippen LogP contribution in [0.2, 0.25) is 5.02 Å². The molecule has 9 nitrogen and oxygen atoms in total. The van der Waals surface area contributed by atoms with E-state index in [0.29, 0.717) is 28.7 Å². The molecule has 0 saturated heterocycles. The Morgan fingerprint density at radius 1 is 1.09 bits per heavy atom. The maximum atomic E-state index is 13.6. The number of rotatable bonds is 11. The molecule has 2 aromatic rings. The van der Waals surface area contributed by atoms with Crippen molar-refractivity contribution in [3.05, 3.63) is 58.6 Å². The van der Waals surface area contributed by atoms with Gasteiger partial charge in [0.1, 0.15) is 24.7 Å². The Bertz CT molecular complexity index is 1080. The van der Waals surface area contributed by atoms with E-state index in [1.165, 1.54) is 24.1 Å². The number of hydrogen-bond donors (Lipinski definition) is 0. The SMILES string of the molecule is COCCN(CC(=O)N1N=C(c2ccccc2Cl)C[C@@H]1c1cc(OC)ccc1OC)C(=O)COC. The van der Waals surface area contributed by atoms with E-state index in [-0.39, 0.29) is 38.1 Å². The molecule has 0 aromatic heterocycles. The number of halogens is 1. The van der Waals surface area contributed by atoms with Crippen LogP contribution in [0.4, 0.5) is 0 Å². The minimum absolute atomic E-state index is 0.141. The smallest absolute Gasteiger partial charge is 0.262 e. The largest absolute Gasteiger partial charge is 0.497 e. The van der Waals surface area contributed by atoms with Crippen LogP contribution in [-0.2, 0) is 19.1 Å². The summed E-state index contributed by atoms with van der Waals surface area (Å²) in [6.45, 7) is 0.197. The molecule has 2 amide bonds. The number of carbonyl (C=O) groups is 2. The van der Waals surface area contributed by atoms with Crippen LogP contribution >= 0.6 is 11.6 Å². The summed E-state index contributed by atoms with van der Waals surface area (Å²) < 4.78 is 21.1. The number of ether oxygens (including phenoxy) is 4. The van der Waals surface area contributed by atoms with E-state index >= 15 is 0 Å². The lowest BCUT2D eigenvalue weighted by Gasteiger charge is -2.27. The maximum absolute atomic E-state index is 13.6. The van der Waals surface area contributed by atoms with Crippen LogP contribution in [0.15, 0.2) is 47.6 Å². The second-order valence-electron chi connectivity index (χ2n) is 7.83. The third-order valence-corrected chi connectivity index (χ3v) is 5.99. The number of amides is 2. The first-order valence-corrected chi connectivity index (χ1v) is 11.4. The number of hydrogen-bond acceptors (Lipinski definition) is 7. The van der Waals surface area contributed by atoms with Crippen molar-refractivity contribution in [1.29, 1.82) is 0 Å². The lowest BCUT2D eigenvalue weighted by atomic mass is 9.97. The summed E-state index contributed by atoms with van der Waals surface area (Å²) in [5.74, 6) is 0.540. The Kier molecular flexibility index (Phi) is 9.47. The number of hydrazone groups is 1. The zero-order valence-electron chi connectivity index (χ0n) is 20.3. The van der Waals surface area contributed by atoms with Gasteiger partial charge in [-0.15, -0.1) is 0 Å². The lowest BCUT2D eigenvalue weighted by Crippen LogP contribution is -2.44. The topological polar surface area (TPSA) is 89.9 Å². The Balaban J connectivity index is 1.99. The van der Waals surface area contributed by atoms with Gasteiger partial charge >= 0.3 is 0 Å². The second kappa shape index (κ2) is 12.5. The van der Waals surface area contributed by atoms with Gasteiger partial charge in [-0.05, 0) is 24.3 Å². The molecule has 0 radical (unpaired) electrons. The van der Waals surface area contributed by atoms with E-state index in [1.54, 1.807) is 32.4 Å². The minimum atomic E-state index is -0.486. The van der Waals surface area contributed by atoms with Gasteiger partial charge in [-0.1, -0.05) is 29.8 Å². The first-order chi connectivity index (χ1) is 16.9. The fourth-order valence-corrected chi connectivity index (χ4v) is 4.13. The zero-order chi connectivity index (χ0) is 25.4. The summed E-state index contributed by atoms with van der Waals surface area (Å²) in [5, 5.41) is 6.60. The first kappa shape index (κ1) is 26.5. The van der Waals surface area contributed by atoms with Crippen molar-refractivity contribution in [2.75, 3.05) is 54.7 Å². The predicted octanol–water partition coefficient (Wildman–Crippen LogP) is 3.16. The molecule has 35 heavy (non-hydrogen) atoms. The van der Waals surface area contributed by atoms with E-state index in [4.69, 9.17) is 30.5 Å². The van der Waals surface area contributed by atoms with Gasteiger partial charge in [0.25, 0.3) is 5.91 Å². The standard InChI is InChI=1S/C25H30ClN3O6/c1-32-12-11-28(25(31)16-33-2)15-24(30)29-22(19-13-17(34-3)9-10-23(19)35-4)14-21(27-29)18-7-5-6-8-20(18)26/h5-10,13,22H,11-12,14-16H2,1-4H3/t22-/m1/s1. The summed E-state index contributed by atoms with van der Waals surface area (Å²) in [7, 11) is 6.11. The highest BCUT2D eigenvalue weighted by atomic mass is 35.5. The average Bonchev–Trinajstić information content (AvgIpc) is 3.31. The van der Waals surface area contributed by atoms with Crippen molar-refractivity contribution in [3.8, 4) is 11.5 Å². The van der Waals surface area contributed by atoms with Gasteiger partial charge in [0, 0.05) is 43.3 Å². The zero-order valence-corrected chi connectivity index (χ0v) is 21.1. The molecule has 1 heterocycles. The van der Waals surface area contributed by atoms with Crippen molar-refractivity contribution in [2.24, 2.45) is 5.10 Å². The van der Waals surface area contributed by atoms with Crippen molar-refractivity contribution >= 4 is 29.1 Å². The average molecular weight is 504 g/mol. The summed E-state index contributed by atoms with van der Waals surface area (Å²) in [5.41, 5.74) is 2.13. The van der Waals surface area contributed by atoms with Gasteiger partial charge in [-0.2, -0.15) is 5.10 Å². The van der Waals surface area contributed by atoms with Crippen molar-refractivity contribution in [1.82, 2.24) is 9.91 Å². The molecule has 0 spiro atoms. The highest BCUT2D eigenvalue weighted by Gasteiger charge is 2.36. The van der Waals surface area contributed by atoms with Gasteiger partial charge in [-0.25, -0.2) is 5.01 Å². The molecule has 2 aromatic carbocycles. The predicted molar refractivity (Wildman–Crippen MR) is 132 cm³/mol. The molecule has 0 saturated carbocycles. The maximum Gasteiger partial charge on any atom is 0.262 e. The van der Waals surface area contributed by atoms with Crippen LogP contribution in [0.3, 0.4) is 0 Å². The van der Waals surface area contributed by atoms with Crippen LogP contribution in [0.25, 0.3) is 0 Å². The molecule has 1 aliphatic heterocycles. The van der Waals surface area contributed by atoms with Gasteiger partial charge < -0.3 is 23.8 Å². The van der Waals surface area contributed by atoms with Crippen LogP contribution in [0.1, 0.15) is 23.6 Å². The molecular weight excluding hydrogens is 474 g/mol. The normalized spacial score (nSPS) is 15.1. The summed E-state index contributed by atoms with van der Waals surface area (Å²) in [4.78, 5) is 27.5. The third kappa shape index (κ3) is 6.30. The minimum Gasteiger partial charge on any atom is -0.497 e. The fraction of sp³-hybridized carbons (Fsp3) is 0.400. The molecule has 0 unspecified atom stereocenters. The molecule has 0 N–H and O–H groups in total. The highest BCUT2D eigenvalue weighted by molar-refractivity contribution is 6.34. The number of nitrogens with zero attached hydrogens (tertiary/aromatic N) is 3. The molecule has 1 atom stereocenters. The molecule has 0 bridgehead atoms. The van der Waals surface area contributed by atoms with E-state index < -0.39 is 6.04 Å². The molecule has 188 valence electrons. The third-order valence-electron chi connectivity index (χ3n) is 5.66. The Hall–Kier alpha value is -3.14. The van der Waals surface area contributed by atoms with Crippen molar-refractivity contribution < 1.29 is 28.5 Å². The summed E-state index contributed by atoms with van der Waals surface area (Å²) in [6, 6.07) is 12.3. The summed E-state index contributed by atoms with van der Waals surface area (Å²) >= 11 is 6.44. The Morgan fingerprint density at radius 3 is 2.51 bits per heavy atom. The molecule has 3 rings (SSSR count). The molecule has 0 fully saturated rings. The van der Waals surface area contributed by atoms with E-state index in [9.17, 15) is 9.59 Å². The lowest BCUT2D eigenvalue weighted by molar-refractivity contribution is -0.144. The Morgan fingerprint density at radius 2 is 1.86 bits per heavy atom. The monoisotopic (exact) mass is 503 g/mol. The quantitative estimate of drug-likeness (QED) is 0.468. The summed E-state index contributed by atoms with van der Waals surface area (Å²) in [6.07, 6.45) is 0.406. The second-order valence-corrected chi connectivity index (χ2v) is 8.24. The van der Waals surface area contributed by atoms with Gasteiger partial charge in [0.2, 0.25) is 5.91 Å². The Labute approximate surface area is 210 Å². The van der Waals surface area contributed by atoms with Crippen LogP contribution < -0.4 is 9.47 Å². The van der Waals surface area contributed by atoms with Crippen LogP contribution in [-0.4, -0.2) is 82.2 Å². The van der Waals surface area contributed by atoms with Gasteiger partial charge in [0.15, 0.2) is 0 Å². The molecular formula is C25H30ClN3O6. The van der Waals surface area contributed by atoms with E-state index in [2.05, 4.69) is 5.10 Å². The molecule has 10 heteroatoms. The van der Waals surface area contributed by atoms with E-state index in [0.717, 1.165) is 11.1 Å². The number of benzene rings is 2. The van der Waals surface area contributed by atoms with Crippen LogP contribution in [0, 0.1) is 0 Å². The van der Waals surface area contributed by atoms with Crippen molar-refractivity contribution in [3.63, 3.8) is 0 Å². The fourth-order valence-electron chi connectivity index (χ4n) is 3.88.